The number of anilines is 1. The molecule has 0 aliphatic rings. The van der Waals surface area contributed by atoms with Crippen molar-refractivity contribution in [1.29, 1.82) is 0 Å². The van der Waals surface area contributed by atoms with Crippen molar-refractivity contribution >= 4 is 32.9 Å². The van der Waals surface area contributed by atoms with E-state index in [4.69, 9.17) is 5.73 Å². The number of aromatic amines is 1. The van der Waals surface area contributed by atoms with Crippen molar-refractivity contribution in [2.24, 2.45) is 0 Å². The molecule has 7 heteroatoms. The third kappa shape index (κ3) is 2.08. The lowest BCUT2D eigenvalue weighted by molar-refractivity contribution is -0.0502. The van der Waals surface area contributed by atoms with E-state index in [-0.39, 0.29) is 11.7 Å². The van der Waals surface area contributed by atoms with Crippen LogP contribution in [-0.2, 0) is 5.33 Å². The number of fused-ring (bicyclic) bond motifs is 1. The molecule has 0 spiro atoms. The number of nitrogens with two attached hydrogens (primary N) is 1. The summed E-state index contributed by atoms with van der Waals surface area (Å²) in [5, 5.41) is 0.407. The molecule has 0 unspecified atom stereocenters. The van der Waals surface area contributed by atoms with Crippen molar-refractivity contribution in [1.82, 2.24) is 9.97 Å². The maximum atomic E-state index is 12.2. The van der Waals surface area contributed by atoms with Gasteiger partial charge < -0.3 is 15.5 Å². The molecule has 4 nitrogen and oxygen atoms in total. The highest BCUT2D eigenvalue weighted by Crippen LogP contribution is 2.28. The van der Waals surface area contributed by atoms with Crippen molar-refractivity contribution in [3.05, 3.63) is 17.7 Å². The number of hydrogen-bond donors (Lipinski definition) is 2. The number of alkyl halides is 3. The number of imidazole rings is 1. The number of hydrogen-bond acceptors (Lipinski definition) is 3. The highest BCUT2D eigenvalue weighted by molar-refractivity contribution is 9.08. The van der Waals surface area contributed by atoms with E-state index in [1.807, 2.05) is 0 Å². The second-order valence-corrected chi connectivity index (χ2v) is 3.67. The van der Waals surface area contributed by atoms with Crippen molar-refractivity contribution in [2.75, 3.05) is 5.73 Å². The molecule has 2 rings (SSSR count). The zero-order valence-corrected chi connectivity index (χ0v) is 9.59. The Bertz CT molecular complexity index is 515. The largest absolute Gasteiger partial charge is 0.434 e. The van der Waals surface area contributed by atoms with Gasteiger partial charge in [-0.2, -0.15) is 8.78 Å². The van der Waals surface area contributed by atoms with Crippen LogP contribution in [0.2, 0.25) is 0 Å². The Kier molecular flexibility index (Phi) is 2.95. The summed E-state index contributed by atoms with van der Waals surface area (Å²) >= 11 is 3.20. The average Bonchev–Trinajstić information content (AvgIpc) is 2.55. The first-order valence-corrected chi connectivity index (χ1v) is 5.51. The van der Waals surface area contributed by atoms with E-state index >= 15 is 0 Å². The summed E-state index contributed by atoms with van der Waals surface area (Å²) in [6, 6.07) is 3.11. The first-order chi connectivity index (χ1) is 7.60. The second-order valence-electron chi connectivity index (χ2n) is 3.11. The van der Waals surface area contributed by atoms with Crippen LogP contribution in [0.4, 0.5) is 14.7 Å². The fourth-order valence-corrected chi connectivity index (χ4v) is 1.85. The molecule has 86 valence electrons. The van der Waals surface area contributed by atoms with Gasteiger partial charge in [-0.3, -0.25) is 0 Å². The monoisotopic (exact) mass is 291 g/mol. The smallest absolute Gasteiger partial charge is 0.387 e. The Hall–Kier alpha value is -1.37. The minimum atomic E-state index is -2.86. The Morgan fingerprint density at radius 1 is 1.50 bits per heavy atom. The zero-order valence-electron chi connectivity index (χ0n) is 8.01. The van der Waals surface area contributed by atoms with Crippen LogP contribution in [0.25, 0.3) is 11.0 Å². The van der Waals surface area contributed by atoms with Gasteiger partial charge in [-0.25, -0.2) is 4.98 Å². The van der Waals surface area contributed by atoms with Crippen LogP contribution in [0.5, 0.6) is 5.75 Å². The van der Waals surface area contributed by atoms with Gasteiger partial charge in [-0.1, -0.05) is 15.9 Å². The van der Waals surface area contributed by atoms with Gasteiger partial charge in [0.15, 0.2) is 5.95 Å². The van der Waals surface area contributed by atoms with Crippen LogP contribution in [0.3, 0.4) is 0 Å². The molecule has 0 amide bonds. The number of rotatable bonds is 3. The SMILES string of the molecule is Nc1nc2cc(OC(F)F)c(CBr)cc2[nH]1. The van der Waals surface area contributed by atoms with Gasteiger partial charge in [-0.15, -0.1) is 0 Å². The summed E-state index contributed by atoms with van der Waals surface area (Å²) in [4.78, 5) is 6.75. The Morgan fingerprint density at radius 3 is 2.88 bits per heavy atom. The predicted molar refractivity (Wildman–Crippen MR) is 59.8 cm³/mol. The number of nitrogen functional groups attached to an aromatic ring is 1. The molecule has 3 N–H and O–H groups in total. The van der Waals surface area contributed by atoms with Crippen molar-refractivity contribution < 1.29 is 13.5 Å². The normalized spacial score (nSPS) is 11.2. The van der Waals surface area contributed by atoms with Gasteiger partial charge in [0.1, 0.15) is 5.75 Å². The van der Waals surface area contributed by atoms with Crippen LogP contribution in [-0.4, -0.2) is 16.6 Å². The lowest BCUT2D eigenvalue weighted by Crippen LogP contribution is -2.03. The molecule has 0 atom stereocenters. The topological polar surface area (TPSA) is 63.9 Å². The molecular weight excluding hydrogens is 284 g/mol. The molecule has 0 radical (unpaired) electrons. The number of aromatic nitrogens is 2. The van der Waals surface area contributed by atoms with Gasteiger partial charge in [0.05, 0.1) is 11.0 Å². The molecule has 16 heavy (non-hydrogen) atoms. The van der Waals surface area contributed by atoms with E-state index in [9.17, 15) is 8.78 Å². The van der Waals surface area contributed by atoms with Gasteiger partial charge in [0, 0.05) is 17.0 Å². The average molecular weight is 292 g/mol. The van der Waals surface area contributed by atoms with Gasteiger partial charge in [-0.05, 0) is 6.07 Å². The Morgan fingerprint density at radius 2 is 2.25 bits per heavy atom. The van der Waals surface area contributed by atoms with Gasteiger partial charge in [0.2, 0.25) is 0 Å². The van der Waals surface area contributed by atoms with E-state index in [2.05, 4.69) is 30.6 Å². The standard InChI is InChI=1S/C9H8BrF2N3O/c10-3-4-1-5-6(15-9(13)14-5)2-7(4)16-8(11)12/h1-2,8H,3H2,(H3,13,14,15). The molecule has 1 aromatic heterocycles. The molecule has 0 aliphatic carbocycles. The summed E-state index contributed by atoms with van der Waals surface area (Å²) < 4.78 is 28.7. The first-order valence-electron chi connectivity index (χ1n) is 4.39. The van der Waals surface area contributed by atoms with Crippen LogP contribution in [0, 0.1) is 0 Å². The molecule has 0 fully saturated rings. The molecular formula is C9H8BrF2N3O. The predicted octanol–water partition coefficient (Wildman–Crippen LogP) is 2.64. The lowest BCUT2D eigenvalue weighted by Gasteiger charge is -2.08. The minimum Gasteiger partial charge on any atom is -0.434 e. The van der Waals surface area contributed by atoms with Crippen LogP contribution in [0.15, 0.2) is 12.1 Å². The third-order valence-corrected chi connectivity index (χ3v) is 2.65. The van der Waals surface area contributed by atoms with Crippen LogP contribution >= 0.6 is 15.9 Å². The zero-order chi connectivity index (χ0) is 11.7. The summed E-state index contributed by atoms with van der Waals surface area (Å²) in [6.45, 7) is -2.86. The molecule has 2 aromatic rings. The van der Waals surface area contributed by atoms with Crippen LogP contribution in [0.1, 0.15) is 5.56 Å². The number of nitrogens with zero attached hydrogens (tertiary/aromatic N) is 1. The van der Waals surface area contributed by atoms with E-state index in [0.717, 1.165) is 0 Å². The van der Waals surface area contributed by atoms with Gasteiger partial charge in [0.25, 0.3) is 0 Å². The Labute approximate surface area is 97.9 Å². The van der Waals surface area contributed by atoms with E-state index in [0.29, 0.717) is 21.9 Å². The maximum absolute atomic E-state index is 12.2. The van der Waals surface area contributed by atoms with E-state index in [1.54, 1.807) is 6.07 Å². The second kappa shape index (κ2) is 4.25. The fourth-order valence-electron chi connectivity index (χ4n) is 1.41. The summed E-state index contributed by atoms with van der Waals surface area (Å²) in [6.07, 6.45) is 0. The van der Waals surface area contributed by atoms with Crippen LogP contribution < -0.4 is 10.5 Å². The molecule has 1 aromatic carbocycles. The minimum absolute atomic E-state index is 0.103. The molecule has 0 saturated carbocycles. The molecule has 0 saturated heterocycles. The summed E-state index contributed by atoms with van der Waals surface area (Å²) in [7, 11) is 0. The van der Waals surface area contributed by atoms with E-state index in [1.165, 1.54) is 6.07 Å². The number of benzene rings is 1. The number of nitrogens with one attached hydrogen (secondary N) is 1. The first kappa shape index (κ1) is 11.1. The number of H-pyrrole nitrogens is 1. The lowest BCUT2D eigenvalue weighted by atomic mass is 10.2. The highest BCUT2D eigenvalue weighted by Gasteiger charge is 2.12. The summed E-state index contributed by atoms with van der Waals surface area (Å²) in [5.41, 5.74) is 7.26. The Balaban J connectivity index is 2.53. The quantitative estimate of drug-likeness (QED) is 0.855. The fraction of sp³-hybridized carbons (Fsp3) is 0.222. The van der Waals surface area contributed by atoms with Crippen molar-refractivity contribution in [3.8, 4) is 5.75 Å². The number of ether oxygens (including phenoxy) is 1. The molecule has 0 bridgehead atoms. The summed E-state index contributed by atoms with van der Waals surface area (Å²) in [5.74, 6) is 0.343. The van der Waals surface area contributed by atoms with Crippen molar-refractivity contribution in [2.45, 2.75) is 11.9 Å². The van der Waals surface area contributed by atoms with E-state index < -0.39 is 6.61 Å². The van der Waals surface area contributed by atoms with Gasteiger partial charge >= 0.3 is 6.61 Å². The highest BCUT2D eigenvalue weighted by atomic mass is 79.9. The number of halogens is 3. The maximum Gasteiger partial charge on any atom is 0.387 e. The third-order valence-electron chi connectivity index (χ3n) is 2.04. The van der Waals surface area contributed by atoms with Crippen molar-refractivity contribution in [3.63, 3.8) is 0 Å². The molecule has 0 aliphatic heterocycles. The molecule has 1 heterocycles.